The van der Waals surface area contributed by atoms with Gasteiger partial charge in [0.05, 0.1) is 25.7 Å². The molecule has 0 unspecified atom stereocenters. The van der Waals surface area contributed by atoms with Gasteiger partial charge in [-0.05, 0) is 18.6 Å². The van der Waals surface area contributed by atoms with E-state index in [-0.39, 0.29) is 5.97 Å². The third kappa shape index (κ3) is 4.77. The van der Waals surface area contributed by atoms with Gasteiger partial charge in [0.25, 0.3) is 0 Å². The van der Waals surface area contributed by atoms with Crippen LogP contribution in [-0.4, -0.2) is 31.4 Å². The van der Waals surface area contributed by atoms with E-state index in [4.69, 9.17) is 10.5 Å². The minimum Gasteiger partial charge on any atom is -0.469 e. The molecule has 0 heterocycles. The van der Waals surface area contributed by atoms with Gasteiger partial charge in [-0.1, -0.05) is 12.1 Å². The molecular weight excluding hydrogens is 278 g/mol. The fraction of sp³-hybridized carbons (Fsp3) is 0.429. The smallest absolute Gasteiger partial charge is 0.340 e. The second kappa shape index (κ2) is 8.47. The molecule has 0 amide bonds. The summed E-state index contributed by atoms with van der Waals surface area (Å²) in [5, 5.41) is 0. The highest BCUT2D eigenvalue weighted by molar-refractivity contribution is 7.98. The summed E-state index contributed by atoms with van der Waals surface area (Å²) < 4.78 is 9.58. The predicted octanol–water partition coefficient (Wildman–Crippen LogP) is 2.24. The van der Waals surface area contributed by atoms with Crippen LogP contribution >= 0.6 is 11.8 Å². The lowest BCUT2D eigenvalue weighted by atomic mass is 10.1. The Morgan fingerprint density at radius 2 is 2.10 bits per heavy atom. The van der Waals surface area contributed by atoms with Gasteiger partial charge in [0.2, 0.25) is 0 Å². The topological polar surface area (TPSA) is 78.6 Å². The number of ether oxygens (including phenoxy) is 2. The Morgan fingerprint density at radius 3 is 2.75 bits per heavy atom. The van der Waals surface area contributed by atoms with Gasteiger partial charge in [0.1, 0.15) is 0 Å². The number of nitrogen functional groups attached to an aromatic ring is 1. The quantitative estimate of drug-likeness (QED) is 0.472. The Bertz CT molecular complexity index is 476. The summed E-state index contributed by atoms with van der Waals surface area (Å²) >= 11 is 1.54. The molecule has 0 saturated carbocycles. The van der Waals surface area contributed by atoms with Crippen molar-refractivity contribution in [2.75, 3.05) is 25.2 Å². The van der Waals surface area contributed by atoms with Crippen molar-refractivity contribution in [1.29, 1.82) is 0 Å². The van der Waals surface area contributed by atoms with Crippen LogP contribution in [0.2, 0.25) is 0 Å². The van der Waals surface area contributed by atoms with Crippen LogP contribution in [0.4, 0.5) is 5.69 Å². The van der Waals surface area contributed by atoms with E-state index in [1.54, 1.807) is 30.8 Å². The molecule has 0 spiro atoms. The van der Waals surface area contributed by atoms with Crippen molar-refractivity contribution in [3.63, 3.8) is 0 Å². The highest BCUT2D eigenvalue weighted by atomic mass is 32.2. The molecule has 1 aromatic carbocycles. The number of carbonyl (C=O) groups is 2. The van der Waals surface area contributed by atoms with Crippen LogP contribution in [-0.2, 0) is 20.0 Å². The van der Waals surface area contributed by atoms with E-state index in [1.165, 1.54) is 7.11 Å². The highest BCUT2D eigenvalue weighted by Gasteiger charge is 2.15. The lowest BCUT2D eigenvalue weighted by Gasteiger charge is -2.11. The normalized spacial score (nSPS) is 10.1. The van der Waals surface area contributed by atoms with Crippen molar-refractivity contribution in [3.8, 4) is 0 Å². The average Bonchev–Trinajstić information content (AvgIpc) is 2.43. The third-order valence-corrected chi connectivity index (χ3v) is 3.61. The minimum atomic E-state index is -0.408. The molecule has 0 radical (unpaired) electrons. The number of rotatable bonds is 7. The second-order valence-corrected chi connectivity index (χ2v) is 5.09. The number of benzene rings is 1. The standard InChI is InChI=1S/C14H19NO4S/c1-3-19-14(17)13-10(5-4-6-11(13)15)9-20-8-7-12(16)18-2/h4-6H,3,7-9,15H2,1-2H3. The van der Waals surface area contributed by atoms with Crippen molar-refractivity contribution >= 4 is 29.4 Å². The number of anilines is 1. The van der Waals surface area contributed by atoms with Crippen molar-refractivity contribution in [2.45, 2.75) is 19.1 Å². The summed E-state index contributed by atoms with van der Waals surface area (Å²) in [4.78, 5) is 22.9. The molecule has 0 saturated heterocycles. The van der Waals surface area contributed by atoms with E-state index in [2.05, 4.69) is 4.74 Å². The Hall–Kier alpha value is -1.69. The van der Waals surface area contributed by atoms with E-state index in [9.17, 15) is 9.59 Å². The SMILES string of the molecule is CCOC(=O)c1c(N)cccc1CSCCC(=O)OC. The summed E-state index contributed by atoms with van der Waals surface area (Å²) in [6.07, 6.45) is 0.345. The Kier molecular flexibility index (Phi) is 6.93. The summed E-state index contributed by atoms with van der Waals surface area (Å²) in [6, 6.07) is 5.32. The van der Waals surface area contributed by atoms with Crippen LogP contribution in [0.3, 0.4) is 0 Å². The number of hydrogen-bond donors (Lipinski definition) is 1. The lowest BCUT2D eigenvalue weighted by Crippen LogP contribution is -2.11. The first kappa shape index (κ1) is 16.4. The summed E-state index contributed by atoms with van der Waals surface area (Å²) in [5.41, 5.74) is 7.49. The molecule has 5 nitrogen and oxygen atoms in total. The Balaban J connectivity index is 2.67. The maximum atomic E-state index is 11.9. The van der Waals surface area contributed by atoms with E-state index in [1.807, 2.05) is 6.07 Å². The average molecular weight is 297 g/mol. The summed E-state index contributed by atoms with van der Waals surface area (Å²) in [5.74, 6) is 0.574. The van der Waals surface area contributed by atoms with Gasteiger partial charge in [-0.3, -0.25) is 4.79 Å². The van der Waals surface area contributed by atoms with Crippen LogP contribution in [0, 0.1) is 0 Å². The molecule has 0 aliphatic heterocycles. The number of carbonyl (C=O) groups excluding carboxylic acids is 2. The van der Waals surface area contributed by atoms with Crippen molar-refractivity contribution in [2.24, 2.45) is 0 Å². The fourth-order valence-corrected chi connectivity index (χ4v) is 2.55. The van der Waals surface area contributed by atoms with Gasteiger partial charge in [-0.2, -0.15) is 11.8 Å². The summed E-state index contributed by atoms with van der Waals surface area (Å²) in [6.45, 7) is 2.06. The fourth-order valence-electron chi connectivity index (χ4n) is 1.63. The zero-order chi connectivity index (χ0) is 15.0. The third-order valence-electron chi connectivity index (χ3n) is 2.60. The summed E-state index contributed by atoms with van der Waals surface area (Å²) in [7, 11) is 1.36. The van der Waals surface area contributed by atoms with E-state index < -0.39 is 5.97 Å². The second-order valence-electron chi connectivity index (χ2n) is 3.98. The van der Waals surface area contributed by atoms with Crippen molar-refractivity contribution < 1.29 is 19.1 Å². The molecule has 0 bridgehead atoms. The lowest BCUT2D eigenvalue weighted by molar-refractivity contribution is -0.140. The van der Waals surface area contributed by atoms with E-state index >= 15 is 0 Å². The van der Waals surface area contributed by atoms with Gasteiger partial charge in [-0.25, -0.2) is 4.79 Å². The first-order valence-electron chi connectivity index (χ1n) is 6.29. The number of esters is 2. The number of nitrogens with two attached hydrogens (primary N) is 1. The van der Waals surface area contributed by atoms with Gasteiger partial charge < -0.3 is 15.2 Å². The Labute approximate surface area is 122 Å². The largest absolute Gasteiger partial charge is 0.469 e. The van der Waals surface area contributed by atoms with E-state index in [0.29, 0.717) is 35.8 Å². The molecule has 110 valence electrons. The molecule has 0 aliphatic rings. The Morgan fingerprint density at radius 1 is 1.35 bits per heavy atom. The molecule has 2 N–H and O–H groups in total. The molecule has 6 heteroatoms. The van der Waals surface area contributed by atoms with E-state index in [0.717, 1.165) is 5.56 Å². The molecule has 0 atom stereocenters. The van der Waals surface area contributed by atoms with Crippen LogP contribution < -0.4 is 5.73 Å². The maximum absolute atomic E-state index is 11.9. The monoisotopic (exact) mass is 297 g/mol. The van der Waals surface area contributed by atoms with Crippen molar-refractivity contribution in [3.05, 3.63) is 29.3 Å². The van der Waals surface area contributed by atoms with Crippen LogP contribution in [0.15, 0.2) is 18.2 Å². The predicted molar refractivity (Wildman–Crippen MR) is 79.6 cm³/mol. The van der Waals surface area contributed by atoms with Crippen LogP contribution in [0.25, 0.3) is 0 Å². The number of hydrogen-bond acceptors (Lipinski definition) is 6. The number of methoxy groups -OCH3 is 1. The van der Waals surface area contributed by atoms with Gasteiger partial charge in [0.15, 0.2) is 0 Å². The molecule has 0 aromatic heterocycles. The number of thioether (sulfide) groups is 1. The minimum absolute atomic E-state index is 0.240. The zero-order valence-corrected chi connectivity index (χ0v) is 12.5. The molecule has 1 rings (SSSR count). The molecule has 0 aliphatic carbocycles. The first-order chi connectivity index (χ1) is 9.60. The molecule has 1 aromatic rings. The molecular formula is C14H19NO4S. The molecule has 20 heavy (non-hydrogen) atoms. The highest BCUT2D eigenvalue weighted by Crippen LogP contribution is 2.23. The first-order valence-corrected chi connectivity index (χ1v) is 7.44. The van der Waals surface area contributed by atoms with Crippen LogP contribution in [0.1, 0.15) is 29.3 Å². The van der Waals surface area contributed by atoms with Gasteiger partial charge in [-0.15, -0.1) is 0 Å². The zero-order valence-electron chi connectivity index (χ0n) is 11.7. The van der Waals surface area contributed by atoms with Crippen molar-refractivity contribution in [1.82, 2.24) is 0 Å². The molecule has 0 fully saturated rings. The van der Waals surface area contributed by atoms with Gasteiger partial charge >= 0.3 is 11.9 Å². The van der Waals surface area contributed by atoms with Crippen LogP contribution in [0.5, 0.6) is 0 Å². The van der Waals surface area contributed by atoms with Gasteiger partial charge in [0, 0.05) is 17.2 Å². The maximum Gasteiger partial charge on any atom is 0.340 e.